The number of amides is 1. The van der Waals surface area contributed by atoms with E-state index in [4.69, 9.17) is 0 Å². The zero-order chi connectivity index (χ0) is 17.9. The number of pyridine rings is 1. The lowest BCUT2D eigenvalue weighted by Gasteiger charge is -2.22. The molecule has 2 aliphatic rings. The molecule has 2 saturated heterocycles. The van der Waals surface area contributed by atoms with Crippen LogP contribution in [0.2, 0.25) is 0 Å². The second-order valence-corrected chi connectivity index (χ2v) is 8.02. The summed E-state index contributed by atoms with van der Waals surface area (Å²) in [6.45, 7) is 3.44. The molecule has 136 valence electrons. The largest absolute Gasteiger partial charge is 0.356 e. The number of carbonyl (C=O) groups is 1. The van der Waals surface area contributed by atoms with Crippen LogP contribution in [0, 0.1) is 17.7 Å². The van der Waals surface area contributed by atoms with E-state index in [1.165, 1.54) is 17.8 Å². The summed E-state index contributed by atoms with van der Waals surface area (Å²) in [6, 6.07) is 13.4. The van der Waals surface area contributed by atoms with Gasteiger partial charge in [0.2, 0.25) is 5.91 Å². The molecule has 0 radical (unpaired) electrons. The first-order valence-electron chi connectivity index (χ1n) is 8.95. The summed E-state index contributed by atoms with van der Waals surface area (Å²) in [5.74, 6) is 3.16. The third kappa shape index (κ3) is 3.85. The number of fused-ring (bicyclic) bond motifs is 1. The lowest BCUT2D eigenvalue weighted by molar-refractivity contribution is -0.127. The Hall–Kier alpha value is -2.08. The summed E-state index contributed by atoms with van der Waals surface area (Å²) in [7, 11) is 0. The first-order chi connectivity index (χ1) is 12.7. The molecule has 0 N–H and O–H groups in total. The van der Waals surface area contributed by atoms with Crippen molar-refractivity contribution >= 4 is 23.5 Å². The van der Waals surface area contributed by atoms with E-state index in [9.17, 15) is 9.18 Å². The van der Waals surface area contributed by atoms with Crippen molar-refractivity contribution in [2.75, 3.05) is 36.8 Å². The predicted octanol–water partition coefficient (Wildman–Crippen LogP) is 3.05. The molecule has 0 saturated carbocycles. The minimum absolute atomic E-state index is 0.242. The molecule has 3 heterocycles. The van der Waals surface area contributed by atoms with Crippen LogP contribution in [0.5, 0.6) is 0 Å². The Morgan fingerprint density at radius 3 is 2.46 bits per heavy atom. The highest BCUT2D eigenvalue weighted by Crippen LogP contribution is 2.33. The Balaban J connectivity index is 1.25. The Morgan fingerprint density at radius 1 is 1.08 bits per heavy atom. The van der Waals surface area contributed by atoms with Crippen LogP contribution in [0.25, 0.3) is 0 Å². The van der Waals surface area contributed by atoms with Crippen LogP contribution >= 0.6 is 11.8 Å². The summed E-state index contributed by atoms with van der Waals surface area (Å²) >= 11 is 1.68. The lowest BCUT2D eigenvalue weighted by Crippen LogP contribution is -2.34. The molecule has 0 bridgehead atoms. The van der Waals surface area contributed by atoms with E-state index in [2.05, 4.69) is 22.0 Å². The highest BCUT2D eigenvalue weighted by Gasteiger charge is 2.41. The van der Waals surface area contributed by atoms with Crippen LogP contribution in [-0.4, -0.2) is 47.7 Å². The van der Waals surface area contributed by atoms with Crippen LogP contribution in [0.15, 0.2) is 48.7 Å². The first kappa shape index (κ1) is 17.3. The molecule has 2 aliphatic heterocycles. The number of rotatable bonds is 5. The standard InChI is InChI=1S/C20H22FN3OS/c21-18-6-7-19(22-8-18)23-9-16-11-24(12-17(16)10-23)20(25)14-26-13-15-4-2-1-3-5-15/h1-8,16-17H,9-14H2. The Bertz CT molecular complexity index is 741. The van der Waals surface area contributed by atoms with Gasteiger partial charge in [0.25, 0.3) is 0 Å². The molecule has 0 aliphatic carbocycles. The molecule has 2 unspecified atom stereocenters. The van der Waals surface area contributed by atoms with Crippen molar-refractivity contribution in [1.29, 1.82) is 0 Å². The van der Waals surface area contributed by atoms with Crippen molar-refractivity contribution < 1.29 is 9.18 Å². The van der Waals surface area contributed by atoms with Crippen LogP contribution < -0.4 is 4.90 Å². The average molecular weight is 371 g/mol. The number of likely N-dealkylation sites (tertiary alicyclic amines) is 1. The topological polar surface area (TPSA) is 36.4 Å². The zero-order valence-corrected chi connectivity index (χ0v) is 15.4. The number of hydrogen-bond donors (Lipinski definition) is 0. The molecule has 2 aromatic rings. The number of hydrogen-bond acceptors (Lipinski definition) is 4. The fourth-order valence-corrected chi connectivity index (χ4v) is 4.75. The van der Waals surface area contributed by atoms with E-state index in [0.717, 1.165) is 37.7 Å². The minimum Gasteiger partial charge on any atom is -0.356 e. The van der Waals surface area contributed by atoms with Gasteiger partial charge in [-0.15, -0.1) is 11.8 Å². The van der Waals surface area contributed by atoms with Crippen molar-refractivity contribution in [3.8, 4) is 0 Å². The zero-order valence-electron chi connectivity index (χ0n) is 14.6. The van der Waals surface area contributed by atoms with Gasteiger partial charge in [0, 0.05) is 43.8 Å². The maximum atomic E-state index is 13.0. The number of nitrogens with zero attached hydrogens (tertiary/aromatic N) is 3. The van der Waals surface area contributed by atoms with Crippen molar-refractivity contribution in [3.05, 3.63) is 60.0 Å². The van der Waals surface area contributed by atoms with E-state index in [0.29, 0.717) is 17.6 Å². The summed E-state index contributed by atoms with van der Waals surface area (Å²) in [5, 5.41) is 0. The summed E-state index contributed by atoms with van der Waals surface area (Å²) < 4.78 is 13.0. The minimum atomic E-state index is -0.307. The molecule has 0 spiro atoms. The Labute approximate surface area is 157 Å². The highest BCUT2D eigenvalue weighted by atomic mass is 32.2. The van der Waals surface area contributed by atoms with Gasteiger partial charge in [-0.2, -0.15) is 0 Å². The molecule has 2 fully saturated rings. The predicted molar refractivity (Wildman–Crippen MR) is 103 cm³/mol. The van der Waals surface area contributed by atoms with Gasteiger partial charge in [-0.3, -0.25) is 4.79 Å². The van der Waals surface area contributed by atoms with Gasteiger partial charge in [-0.05, 0) is 17.7 Å². The fourth-order valence-electron chi connectivity index (χ4n) is 3.86. The van der Waals surface area contributed by atoms with Crippen LogP contribution in [-0.2, 0) is 10.5 Å². The maximum Gasteiger partial charge on any atom is 0.232 e. The lowest BCUT2D eigenvalue weighted by atomic mass is 10.0. The molecule has 1 aromatic heterocycles. The molecule has 6 heteroatoms. The monoisotopic (exact) mass is 371 g/mol. The SMILES string of the molecule is O=C(CSCc1ccccc1)N1CC2CN(c3ccc(F)cn3)CC2C1. The van der Waals surface area contributed by atoms with Crippen molar-refractivity contribution in [1.82, 2.24) is 9.88 Å². The summed E-state index contributed by atoms with van der Waals surface area (Å²) in [6.07, 6.45) is 1.27. The Morgan fingerprint density at radius 2 is 1.81 bits per heavy atom. The molecular formula is C20H22FN3OS. The average Bonchev–Trinajstić information content (AvgIpc) is 3.22. The van der Waals surface area contributed by atoms with E-state index in [1.807, 2.05) is 23.1 Å². The Kier molecular flexibility index (Phi) is 5.11. The number of aromatic nitrogens is 1. The van der Waals surface area contributed by atoms with Gasteiger partial charge in [-0.1, -0.05) is 30.3 Å². The number of carbonyl (C=O) groups excluding carboxylic acids is 1. The third-order valence-electron chi connectivity index (χ3n) is 5.21. The smallest absolute Gasteiger partial charge is 0.232 e. The molecular weight excluding hydrogens is 349 g/mol. The van der Waals surface area contributed by atoms with Crippen molar-refractivity contribution in [2.24, 2.45) is 11.8 Å². The molecule has 1 aromatic carbocycles. The highest BCUT2D eigenvalue weighted by molar-refractivity contribution is 7.99. The normalized spacial score (nSPS) is 21.9. The second-order valence-electron chi connectivity index (χ2n) is 7.04. The van der Waals surface area contributed by atoms with Crippen molar-refractivity contribution in [2.45, 2.75) is 5.75 Å². The van der Waals surface area contributed by atoms with E-state index in [-0.39, 0.29) is 11.7 Å². The molecule has 4 nitrogen and oxygen atoms in total. The number of halogens is 1. The second kappa shape index (κ2) is 7.66. The first-order valence-corrected chi connectivity index (χ1v) is 10.1. The molecule has 1 amide bonds. The van der Waals surface area contributed by atoms with Crippen LogP contribution in [0.4, 0.5) is 10.2 Å². The fraction of sp³-hybridized carbons (Fsp3) is 0.400. The van der Waals surface area contributed by atoms with Crippen LogP contribution in [0.1, 0.15) is 5.56 Å². The molecule has 26 heavy (non-hydrogen) atoms. The van der Waals surface area contributed by atoms with Gasteiger partial charge in [0.15, 0.2) is 0 Å². The van der Waals surface area contributed by atoms with E-state index in [1.54, 1.807) is 17.8 Å². The summed E-state index contributed by atoms with van der Waals surface area (Å²) in [4.78, 5) is 20.9. The van der Waals surface area contributed by atoms with E-state index >= 15 is 0 Å². The van der Waals surface area contributed by atoms with E-state index < -0.39 is 0 Å². The number of thioether (sulfide) groups is 1. The van der Waals surface area contributed by atoms with Gasteiger partial charge < -0.3 is 9.80 Å². The van der Waals surface area contributed by atoms with Gasteiger partial charge in [0.1, 0.15) is 11.6 Å². The number of benzene rings is 1. The van der Waals surface area contributed by atoms with Gasteiger partial charge in [0.05, 0.1) is 11.9 Å². The maximum absolute atomic E-state index is 13.0. The van der Waals surface area contributed by atoms with Crippen molar-refractivity contribution in [3.63, 3.8) is 0 Å². The molecule has 4 rings (SSSR count). The molecule has 2 atom stereocenters. The van der Waals surface area contributed by atoms with Gasteiger partial charge in [-0.25, -0.2) is 9.37 Å². The van der Waals surface area contributed by atoms with Gasteiger partial charge >= 0.3 is 0 Å². The number of anilines is 1. The quantitative estimate of drug-likeness (QED) is 0.809. The van der Waals surface area contributed by atoms with Crippen LogP contribution in [0.3, 0.4) is 0 Å². The summed E-state index contributed by atoms with van der Waals surface area (Å²) in [5.41, 5.74) is 1.26. The third-order valence-corrected chi connectivity index (χ3v) is 6.20.